The first-order chi connectivity index (χ1) is 9.13. The molecule has 5 nitrogen and oxygen atoms in total. The number of hydrogen-bond donors (Lipinski definition) is 3. The van der Waals surface area contributed by atoms with Gasteiger partial charge in [0.05, 0.1) is 11.8 Å². The maximum atomic E-state index is 9.75. The predicted molar refractivity (Wildman–Crippen MR) is 83.3 cm³/mol. The van der Waals surface area contributed by atoms with Gasteiger partial charge in [0, 0.05) is 49.9 Å². The van der Waals surface area contributed by atoms with Crippen LogP contribution in [0.3, 0.4) is 0 Å². The molecule has 1 aliphatic rings. The summed E-state index contributed by atoms with van der Waals surface area (Å²) in [4.78, 5) is 0. The van der Waals surface area contributed by atoms with E-state index in [0.29, 0.717) is 5.92 Å². The number of aryl methyl sites for hydroxylation is 2. The molecule has 2 unspecified atom stereocenters. The van der Waals surface area contributed by atoms with Crippen molar-refractivity contribution in [3.8, 4) is 0 Å². The molecular weight excluding hydrogens is 276 g/mol. The quantitative estimate of drug-likeness (QED) is 0.734. The molecule has 0 radical (unpaired) electrons. The third kappa shape index (κ3) is 3.95. The van der Waals surface area contributed by atoms with E-state index in [2.05, 4.69) is 41.2 Å². The molecule has 1 aromatic rings. The topological polar surface area (TPSA) is 62.1 Å². The molecule has 3 N–H and O–H groups in total. The van der Waals surface area contributed by atoms with E-state index in [9.17, 15) is 5.11 Å². The number of β-amino-alcohol motifs (C(OH)–C–C–N with tert-alkyl or cyclic N) is 1. The Bertz CT molecular complexity index is 422. The Hall–Kier alpha value is -0.620. The van der Waals surface area contributed by atoms with Gasteiger partial charge in [0.25, 0.3) is 0 Å². The zero-order valence-corrected chi connectivity index (χ0v) is 13.5. The van der Waals surface area contributed by atoms with E-state index in [-0.39, 0.29) is 18.5 Å². The summed E-state index contributed by atoms with van der Waals surface area (Å²) in [7, 11) is 0. The van der Waals surface area contributed by atoms with E-state index in [4.69, 9.17) is 0 Å². The highest BCUT2D eigenvalue weighted by molar-refractivity contribution is 5.85. The van der Waals surface area contributed by atoms with Crippen LogP contribution in [0.4, 0.5) is 0 Å². The van der Waals surface area contributed by atoms with Crippen molar-refractivity contribution in [3.63, 3.8) is 0 Å². The molecule has 0 saturated carbocycles. The molecule has 6 heteroatoms. The van der Waals surface area contributed by atoms with Gasteiger partial charge in [0.1, 0.15) is 0 Å². The molecule has 0 aliphatic carbocycles. The number of aliphatic hydroxyl groups excluding tert-OH is 1. The molecular formula is C14H27ClN4O. The lowest BCUT2D eigenvalue weighted by molar-refractivity contribution is 0.146. The Kier molecular flexibility index (Phi) is 6.95. The van der Waals surface area contributed by atoms with Crippen LogP contribution in [0.5, 0.6) is 0 Å². The lowest BCUT2D eigenvalue weighted by Gasteiger charge is -2.14. The number of aliphatic hydroxyl groups is 1. The van der Waals surface area contributed by atoms with Crippen molar-refractivity contribution in [1.29, 1.82) is 0 Å². The Morgan fingerprint density at radius 2 is 2.15 bits per heavy atom. The van der Waals surface area contributed by atoms with Gasteiger partial charge in [-0.2, -0.15) is 5.10 Å². The van der Waals surface area contributed by atoms with E-state index < -0.39 is 0 Å². The first-order valence-electron chi connectivity index (χ1n) is 7.25. The Labute approximate surface area is 127 Å². The van der Waals surface area contributed by atoms with Crippen LogP contribution in [-0.4, -0.2) is 40.6 Å². The molecule has 116 valence electrons. The van der Waals surface area contributed by atoms with E-state index in [1.807, 2.05) is 0 Å². The summed E-state index contributed by atoms with van der Waals surface area (Å²) in [6, 6.07) is 0. The minimum absolute atomic E-state index is 0. The molecule has 2 heterocycles. The van der Waals surface area contributed by atoms with Gasteiger partial charge in [-0.05, 0) is 20.3 Å². The molecule has 20 heavy (non-hydrogen) atoms. The first-order valence-corrected chi connectivity index (χ1v) is 7.25. The number of rotatable bonds is 6. The Balaban J connectivity index is 0.00000200. The molecule has 2 rings (SSSR count). The smallest absolute Gasteiger partial charge is 0.0716 e. The lowest BCUT2D eigenvalue weighted by Crippen LogP contribution is -2.30. The van der Waals surface area contributed by atoms with Crippen LogP contribution in [0, 0.1) is 19.8 Å². The fraction of sp³-hybridized carbons (Fsp3) is 0.786. The predicted octanol–water partition coefficient (Wildman–Crippen LogP) is 1.00. The summed E-state index contributed by atoms with van der Waals surface area (Å²) in [5, 5.41) is 21.0. The highest BCUT2D eigenvalue weighted by Crippen LogP contribution is 2.14. The molecule has 1 aromatic heterocycles. The standard InChI is InChI=1S/C14H26N4O.ClH/c1-4-5-18-11(3)13(10(2)17-18)8-15-6-12-7-16-9-14(12)19;/h12,14-16,19H,4-9H2,1-3H3;1H. The average molecular weight is 303 g/mol. The summed E-state index contributed by atoms with van der Waals surface area (Å²) in [6.07, 6.45) is 0.895. The SMILES string of the molecule is CCCn1nc(C)c(CNCC2CNCC2O)c1C.Cl. The zero-order valence-electron chi connectivity index (χ0n) is 12.6. The van der Waals surface area contributed by atoms with E-state index in [1.54, 1.807) is 0 Å². The second kappa shape index (κ2) is 7.98. The van der Waals surface area contributed by atoms with Crippen molar-refractivity contribution in [1.82, 2.24) is 20.4 Å². The largest absolute Gasteiger partial charge is 0.391 e. The summed E-state index contributed by atoms with van der Waals surface area (Å²) in [5.74, 6) is 0.325. The molecule has 1 saturated heterocycles. The van der Waals surface area contributed by atoms with Gasteiger partial charge in [-0.1, -0.05) is 6.92 Å². The Morgan fingerprint density at radius 1 is 1.40 bits per heavy atom. The van der Waals surface area contributed by atoms with Crippen LogP contribution >= 0.6 is 12.4 Å². The molecule has 0 amide bonds. The fourth-order valence-electron chi connectivity index (χ4n) is 2.73. The van der Waals surface area contributed by atoms with Crippen molar-refractivity contribution in [3.05, 3.63) is 17.0 Å². The summed E-state index contributed by atoms with van der Waals surface area (Å²) in [6.45, 7) is 10.7. The highest BCUT2D eigenvalue weighted by Gasteiger charge is 2.24. The zero-order chi connectivity index (χ0) is 13.8. The average Bonchev–Trinajstić information content (AvgIpc) is 2.89. The molecule has 0 bridgehead atoms. The van der Waals surface area contributed by atoms with E-state index >= 15 is 0 Å². The highest BCUT2D eigenvalue weighted by atomic mass is 35.5. The van der Waals surface area contributed by atoms with Crippen LogP contribution in [0.2, 0.25) is 0 Å². The summed E-state index contributed by atoms with van der Waals surface area (Å²) >= 11 is 0. The molecule has 1 aliphatic heterocycles. The lowest BCUT2D eigenvalue weighted by atomic mass is 10.1. The van der Waals surface area contributed by atoms with Crippen LogP contribution in [0.1, 0.15) is 30.3 Å². The van der Waals surface area contributed by atoms with E-state index in [1.165, 1.54) is 11.3 Å². The summed E-state index contributed by atoms with van der Waals surface area (Å²) in [5.41, 5.74) is 3.68. The van der Waals surface area contributed by atoms with Gasteiger partial charge in [0.15, 0.2) is 0 Å². The molecule has 2 atom stereocenters. The van der Waals surface area contributed by atoms with Gasteiger partial charge in [-0.3, -0.25) is 4.68 Å². The molecule has 0 aromatic carbocycles. The minimum atomic E-state index is -0.211. The van der Waals surface area contributed by atoms with Crippen molar-refractivity contribution in [2.75, 3.05) is 19.6 Å². The molecule has 0 spiro atoms. The number of aromatic nitrogens is 2. The van der Waals surface area contributed by atoms with Crippen molar-refractivity contribution in [2.24, 2.45) is 5.92 Å². The monoisotopic (exact) mass is 302 g/mol. The number of halogens is 1. The van der Waals surface area contributed by atoms with Crippen LogP contribution < -0.4 is 10.6 Å². The second-order valence-corrected chi connectivity index (χ2v) is 5.49. The third-order valence-electron chi connectivity index (χ3n) is 3.98. The normalized spacial score (nSPS) is 22.0. The van der Waals surface area contributed by atoms with Gasteiger partial charge in [-0.15, -0.1) is 12.4 Å². The number of nitrogens with zero attached hydrogens (tertiary/aromatic N) is 2. The van der Waals surface area contributed by atoms with Crippen LogP contribution in [-0.2, 0) is 13.1 Å². The first kappa shape index (κ1) is 17.4. The summed E-state index contributed by atoms with van der Waals surface area (Å²) < 4.78 is 2.10. The van der Waals surface area contributed by atoms with Gasteiger partial charge < -0.3 is 15.7 Å². The van der Waals surface area contributed by atoms with Crippen LogP contribution in [0.15, 0.2) is 0 Å². The van der Waals surface area contributed by atoms with Gasteiger partial charge in [0.2, 0.25) is 0 Å². The Morgan fingerprint density at radius 3 is 2.75 bits per heavy atom. The van der Waals surface area contributed by atoms with Crippen molar-refractivity contribution >= 4 is 12.4 Å². The second-order valence-electron chi connectivity index (χ2n) is 5.49. The maximum Gasteiger partial charge on any atom is 0.0716 e. The molecule has 1 fully saturated rings. The van der Waals surface area contributed by atoms with Gasteiger partial charge in [-0.25, -0.2) is 0 Å². The van der Waals surface area contributed by atoms with Crippen LogP contribution in [0.25, 0.3) is 0 Å². The van der Waals surface area contributed by atoms with E-state index in [0.717, 1.165) is 44.8 Å². The van der Waals surface area contributed by atoms with Crippen molar-refractivity contribution in [2.45, 2.75) is 46.4 Å². The minimum Gasteiger partial charge on any atom is -0.391 e. The fourth-order valence-corrected chi connectivity index (χ4v) is 2.73. The third-order valence-corrected chi connectivity index (χ3v) is 3.98. The van der Waals surface area contributed by atoms with Gasteiger partial charge >= 0.3 is 0 Å². The number of nitrogens with one attached hydrogen (secondary N) is 2. The van der Waals surface area contributed by atoms with Crippen molar-refractivity contribution < 1.29 is 5.11 Å². The number of hydrogen-bond acceptors (Lipinski definition) is 4. The maximum absolute atomic E-state index is 9.75.